The molecule has 72 valence electrons. The van der Waals surface area contributed by atoms with Crippen LogP contribution in [0.1, 0.15) is 5.69 Å². The predicted molar refractivity (Wildman–Crippen MR) is 52.5 cm³/mol. The van der Waals surface area contributed by atoms with Crippen molar-refractivity contribution in [3.63, 3.8) is 0 Å². The van der Waals surface area contributed by atoms with Crippen LogP contribution in [0.2, 0.25) is 5.02 Å². The van der Waals surface area contributed by atoms with Crippen molar-refractivity contribution in [2.45, 2.75) is 6.92 Å². The quantitative estimate of drug-likeness (QED) is 0.820. The van der Waals surface area contributed by atoms with Gasteiger partial charge in [-0.1, -0.05) is 11.6 Å². The Balaban J connectivity index is 2.99. The maximum Gasteiger partial charge on any atom is 0.229 e. The molecule has 0 aliphatic carbocycles. The summed E-state index contributed by atoms with van der Waals surface area (Å²) in [5.41, 5.74) is 1.04. The van der Waals surface area contributed by atoms with Crippen LogP contribution in [0.3, 0.4) is 0 Å². The molecule has 0 spiro atoms. The van der Waals surface area contributed by atoms with Gasteiger partial charge in [0.1, 0.15) is 0 Å². The highest BCUT2D eigenvalue weighted by atomic mass is 35.5. The number of hydrogen-bond donors (Lipinski definition) is 1. The minimum atomic E-state index is -3.26. The van der Waals surface area contributed by atoms with Gasteiger partial charge in [0.2, 0.25) is 10.0 Å². The Bertz CT molecular complexity index is 417. The highest BCUT2D eigenvalue weighted by Crippen LogP contribution is 2.17. The van der Waals surface area contributed by atoms with Gasteiger partial charge in [-0.05, 0) is 13.0 Å². The number of sulfonamides is 1. The smallest absolute Gasteiger partial charge is 0.229 e. The molecule has 0 saturated heterocycles. The lowest BCUT2D eigenvalue weighted by Gasteiger charge is -2.04. The number of halogens is 1. The molecule has 1 N–H and O–H groups in total. The number of aryl methyl sites for hydroxylation is 1. The van der Waals surface area contributed by atoms with Crippen molar-refractivity contribution in [1.82, 2.24) is 4.98 Å². The number of nitrogens with one attached hydrogen (secondary N) is 1. The molecule has 1 aromatic rings. The summed E-state index contributed by atoms with van der Waals surface area (Å²) in [5, 5.41) is 0.439. The number of aromatic nitrogens is 1. The molecule has 0 aliphatic rings. The summed E-state index contributed by atoms with van der Waals surface area (Å²) in [6, 6.07) is 1.52. The third kappa shape index (κ3) is 3.20. The molecule has 1 rings (SSSR count). The molecule has 0 aliphatic heterocycles. The van der Waals surface area contributed by atoms with Gasteiger partial charge in [-0.3, -0.25) is 9.71 Å². The molecule has 4 nitrogen and oxygen atoms in total. The molecule has 0 saturated carbocycles. The number of nitrogens with zero attached hydrogens (tertiary/aromatic N) is 1. The van der Waals surface area contributed by atoms with Crippen molar-refractivity contribution in [2.24, 2.45) is 0 Å². The Hall–Kier alpha value is -0.810. The van der Waals surface area contributed by atoms with E-state index in [-0.39, 0.29) is 0 Å². The van der Waals surface area contributed by atoms with Gasteiger partial charge in [-0.2, -0.15) is 0 Å². The third-order valence-corrected chi connectivity index (χ3v) is 2.32. The van der Waals surface area contributed by atoms with E-state index in [1.54, 1.807) is 6.92 Å². The first-order valence-corrected chi connectivity index (χ1v) is 5.75. The highest BCUT2D eigenvalue weighted by molar-refractivity contribution is 7.92. The summed E-state index contributed by atoms with van der Waals surface area (Å²) in [4.78, 5) is 3.90. The first kappa shape index (κ1) is 10.3. The van der Waals surface area contributed by atoms with Crippen LogP contribution in [0.5, 0.6) is 0 Å². The summed E-state index contributed by atoms with van der Waals surface area (Å²) < 4.78 is 23.9. The Kier molecular flexibility index (Phi) is 2.77. The molecule has 0 aromatic carbocycles. The number of rotatable bonds is 2. The summed E-state index contributed by atoms with van der Waals surface area (Å²) in [7, 11) is -3.26. The number of hydrogen-bond acceptors (Lipinski definition) is 3. The van der Waals surface area contributed by atoms with Crippen LogP contribution in [-0.2, 0) is 10.0 Å². The van der Waals surface area contributed by atoms with Crippen LogP contribution in [0.25, 0.3) is 0 Å². The van der Waals surface area contributed by atoms with Crippen molar-refractivity contribution >= 4 is 27.3 Å². The molecule has 0 amide bonds. The lowest BCUT2D eigenvalue weighted by molar-refractivity contribution is 0.607. The molecule has 1 heterocycles. The van der Waals surface area contributed by atoms with Gasteiger partial charge >= 0.3 is 0 Å². The summed E-state index contributed by atoms with van der Waals surface area (Å²) in [5.74, 6) is 0. The summed E-state index contributed by atoms with van der Waals surface area (Å²) in [6.07, 6.45) is 2.49. The summed E-state index contributed by atoms with van der Waals surface area (Å²) >= 11 is 5.75. The Morgan fingerprint density at radius 3 is 2.62 bits per heavy atom. The van der Waals surface area contributed by atoms with Crippen LogP contribution in [0.4, 0.5) is 5.69 Å². The lowest BCUT2D eigenvalue weighted by Crippen LogP contribution is -2.09. The average Bonchev–Trinajstić information content (AvgIpc) is 1.94. The maximum absolute atomic E-state index is 10.8. The molecule has 0 atom stereocenters. The fourth-order valence-corrected chi connectivity index (χ4v) is 1.48. The van der Waals surface area contributed by atoms with E-state index in [0.29, 0.717) is 16.4 Å². The van der Waals surface area contributed by atoms with Crippen LogP contribution < -0.4 is 4.72 Å². The second-order valence-corrected chi connectivity index (χ2v) is 4.82. The lowest BCUT2D eigenvalue weighted by atomic mass is 10.3. The fraction of sp³-hybridized carbons (Fsp3) is 0.286. The van der Waals surface area contributed by atoms with Gasteiger partial charge in [0.05, 0.1) is 28.9 Å². The first-order valence-electron chi connectivity index (χ1n) is 3.48. The average molecular weight is 221 g/mol. The second-order valence-electron chi connectivity index (χ2n) is 2.67. The molecule has 6 heteroatoms. The van der Waals surface area contributed by atoms with Crippen molar-refractivity contribution < 1.29 is 8.42 Å². The van der Waals surface area contributed by atoms with Crippen molar-refractivity contribution in [2.75, 3.05) is 11.0 Å². The fourth-order valence-electron chi connectivity index (χ4n) is 0.776. The van der Waals surface area contributed by atoms with E-state index >= 15 is 0 Å². The number of pyridine rings is 1. The van der Waals surface area contributed by atoms with E-state index in [9.17, 15) is 8.42 Å². The van der Waals surface area contributed by atoms with Crippen LogP contribution in [0.15, 0.2) is 12.3 Å². The SMILES string of the molecule is Cc1ncc(NS(C)(=O)=O)cc1Cl. The largest absolute Gasteiger partial charge is 0.282 e. The van der Waals surface area contributed by atoms with Gasteiger partial charge < -0.3 is 0 Å². The highest BCUT2D eigenvalue weighted by Gasteiger charge is 2.03. The van der Waals surface area contributed by atoms with E-state index in [1.165, 1.54) is 12.3 Å². The summed E-state index contributed by atoms with van der Waals surface area (Å²) in [6.45, 7) is 1.74. The van der Waals surface area contributed by atoms with Gasteiger partial charge in [0.15, 0.2) is 0 Å². The molecule has 1 aromatic heterocycles. The molecule has 0 radical (unpaired) electrons. The van der Waals surface area contributed by atoms with E-state index < -0.39 is 10.0 Å². The molecule has 13 heavy (non-hydrogen) atoms. The normalized spacial score (nSPS) is 11.3. The minimum absolute atomic E-state index is 0.373. The van der Waals surface area contributed by atoms with Crippen molar-refractivity contribution in [3.8, 4) is 0 Å². The van der Waals surface area contributed by atoms with Gasteiger partial charge in [0, 0.05) is 0 Å². The van der Waals surface area contributed by atoms with Crippen molar-refractivity contribution in [1.29, 1.82) is 0 Å². The molecular formula is C7H9ClN2O2S. The molecule has 0 fully saturated rings. The Labute approximate surface area is 82.0 Å². The van der Waals surface area contributed by atoms with Gasteiger partial charge in [0.25, 0.3) is 0 Å². The minimum Gasteiger partial charge on any atom is -0.282 e. The van der Waals surface area contributed by atoms with Crippen LogP contribution in [-0.4, -0.2) is 19.7 Å². The zero-order valence-electron chi connectivity index (χ0n) is 7.20. The Morgan fingerprint density at radius 2 is 2.15 bits per heavy atom. The zero-order valence-corrected chi connectivity index (χ0v) is 8.78. The second kappa shape index (κ2) is 3.51. The molecular weight excluding hydrogens is 212 g/mol. The van der Waals surface area contributed by atoms with Gasteiger partial charge in [-0.25, -0.2) is 8.42 Å². The van der Waals surface area contributed by atoms with E-state index in [0.717, 1.165) is 6.26 Å². The number of anilines is 1. The standard InChI is InChI=1S/C7H9ClN2O2S/c1-5-7(8)3-6(4-9-5)10-13(2,11)12/h3-4,10H,1-2H3. The maximum atomic E-state index is 10.8. The topological polar surface area (TPSA) is 59.1 Å². The van der Waals surface area contributed by atoms with E-state index in [1.807, 2.05) is 0 Å². The first-order chi connectivity index (χ1) is 5.88. The van der Waals surface area contributed by atoms with Gasteiger partial charge in [-0.15, -0.1) is 0 Å². The third-order valence-electron chi connectivity index (χ3n) is 1.33. The molecule has 0 unspecified atom stereocenters. The Morgan fingerprint density at radius 1 is 1.54 bits per heavy atom. The monoisotopic (exact) mass is 220 g/mol. The van der Waals surface area contributed by atoms with E-state index in [2.05, 4.69) is 9.71 Å². The zero-order chi connectivity index (χ0) is 10.1. The van der Waals surface area contributed by atoms with Crippen LogP contribution >= 0.6 is 11.6 Å². The van der Waals surface area contributed by atoms with Crippen molar-refractivity contribution in [3.05, 3.63) is 23.0 Å². The van der Waals surface area contributed by atoms with E-state index in [4.69, 9.17) is 11.6 Å². The predicted octanol–water partition coefficient (Wildman–Crippen LogP) is 1.41. The van der Waals surface area contributed by atoms with Crippen LogP contribution in [0, 0.1) is 6.92 Å². The molecule has 0 bridgehead atoms.